The Bertz CT molecular complexity index is 768. The van der Waals surface area contributed by atoms with Crippen LogP contribution in [-0.2, 0) is 52.4 Å². The SMILES string of the molecule is C=C(C(=O)OCC)C(=O)OCCOC(=O)CCCCCCCNC(=O)OCCOC(=O)C(=C)C(=O)OCC. The Morgan fingerprint density at radius 2 is 0.974 bits per heavy atom. The molecule has 0 aliphatic carbocycles. The van der Waals surface area contributed by atoms with Crippen LogP contribution < -0.4 is 5.32 Å². The molecule has 0 unspecified atom stereocenters. The molecular formula is C25H37NO12. The van der Waals surface area contributed by atoms with Gasteiger partial charge in [0, 0.05) is 13.0 Å². The van der Waals surface area contributed by atoms with E-state index in [1.807, 2.05) is 0 Å². The molecule has 0 saturated heterocycles. The number of rotatable bonds is 20. The van der Waals surface area contributed by atoms with Crippen LogP contribution in [0.5, 0.6) is 0 Å². The highest BCUT2D eigenvalue weighted by Gasteiger charge is 2.19. The van der Waals surface area contributed by atoms with Gasteiger partial charge in [-0.05, 0) is 26.7 Å². The number of carbonyl (C=O) groups is 6. The third kappa shape index (κ3) is 16.7. The van der Waals surface area contributed by atoms with Gasteiger partial charge in [-0.3, -0.25) is 4.79 Å². The Balaban J connectivity index is 3.65. The molecule has 0 aliphatic rings. The first-order valence-electron chi connectivity index (χ1n) is 12.3. The van der Waals surface area contributed by atoms with Crippen molar-refractivity contribution in [3.8, 4) is 0 Å². The molecule has 0 radical (unpaired) electrons. The van der Waals surface area contributed by atoms with E-state index in [4.69, 9.17) is 18.9 Å². The monoisotopic (exact) mass is 543 g/mol. The molecule has 0 fully saturated rings. The van der Waals surface area contributed by atoms with Crippen LogP contribution in [0.2, 0.25) is 0 Å². The number of amides is 1. The second-order valence-electron chi connectivity index (χ2n) is 7.47. The minimum absolute atomic E-state index is 0.102. The van der Waals surface area contributed by atoms with E-state index in [-0.39, 0.29) is 46.1 Å². The minimum atomic E-state index is -0.944. The van der Waals surface area contributed by atoms with Gasteiger partial charge in [-0.25, -0.2) is 24.0 Å². The molecule has 1 amide bonds. The average molecular weight is 544 g/mol. The van der Waals surface area contributed by atoms with Gasteiger partial charge >= 0.3 is 35.9 Å². The fraction of sp³-hybridized carbons (Fsp3) is 0.600. The summed E-state index contributed by atoms with van der Waals surface area (Å²) >= 11 is 0. The molecule has 13 nitrogen and oxygen atoms in total. The summed E-state index contributed by atoms with van der Waals surface area (Å²) in [5, 5.41) is 2.56. The van der Waals surface area contributed by atoms with Gasteiger partial charge in [-0.2, -0.15) is 0 Å². The van der Waals surface area contributed by atoms with Gasteiger partial charge in [-0.15, -0.1) is 0 Å². The van der Waals surface area contributed by atoms with Crippen molar-refractivity contribution in [2.24, 2.45) is 0 Å². The van der Waals surface area contributed by atoms with Gasteiger partial charge < -0.3 is 33.7 Å². The third-order valence-corrected chi connectivity index (χ3v) is 4.49. The number of alkyl carbamates (subject to hydrolysis) is 1. The zero-order chi connectivity index (χ0) is 28.8. The maximum Gasteiger partial charge on any atom is 0.407 e. The number of hydrogen-bond donors (Lipinski definition) is 1. The first kappa shape index (κ1) is 34.1. The van der Waals surface area contributed by atoms with E-state index in [1.165, 1.54) is 0 Å². The molecule has 1 N–H and O–H groups in total. The molecule has 0 saturated carbocycles. The van der Waals surface area contributed by atoms with Crippen LogP contribution in [0.1, 0.15) is 52.4 Å². The maximum absolute atomic E-state index is 11.7. The first-order valence-corrected chi connectivity index (χ1v) is 12.3. The van der Waals surface area contributed by atoms with Gasteiger partial charge in [0.15, 0.2) is 0 Å². The fourth-order valence-electron chi connectivity index (χ4n) is 2.57. The molecule has 13 heteroatoms. The Hall–Kier alpha value is -3.90. The van der Waals surface area contributed by atoms with E-state index in [0.717, 1.165) is 19.3 Å². The number of ether oxygens (including phenoxy) is 6. The van der Waals surface area contributed by atoms with Gasteiger partial charge in [0.25, 0.3) is 0 Å². The Morgan fingerprint density at radius 3 is 1.50 bits per heavy atom. The van der Waals surface area contributed by atoms with Crippen LogP contribution in [0.4, 0.5) is 4.79 Å². The fourth-order valence-corrected chi connectivity index (χ4v) is 2.57. The van der Waals surface area contributed by atoms with Gasteiger partial charge in [0.1, 0.15) is 37.6 Å². The zero-order valence-electron chi connectivity index (χ0n) is 22.0. The smallest absolute Gasteiger partial charge is 0.407 e. The largest absolute Gasteiger partial charge is 0.462 e. The number of nitrogens with one attached hydrogen (secondary N) is 1. The predicted molar refractivity (Wildman–Crippen MR) is 131 cm³/mol. The summed E-state index contributed by atoms with van der Waals surface area (Å²) in [7, 11) is 0. The van der Waals surface area contributed by atoms with Crippen molar-refractivity contribution in [2.75, 3.05) is 46.2 Å². The second-order valence-corrected chi connectivity index (χ2v) is 7.47. The van der Waals surface area contributed by atoms with E-state index < -0.39 is 47.1 Å². The number of hydrogen-bond acceptors (Lipinski definition) is 12. The first-order chi connectivity index (χ1) is 18.1. The Labute approximate surface area is 221 Å². The summed E-state index contributed by atoms with van der Waals surface area (Å²) in [6.45, 7) is 9.61. The number of carbonyl (C=O) groups excluding carboxylic acids is 6. The number of unbranched alkanes of at least 4 members (excludes halogenated alkanes) is 4. The lowest BCUT2D eigenvalue weighted by Crippen LogP contribution is -2.27. The standard InChI is InChI=1S/C25H37NO12/c1-5-33-21(28)18(3)23(30)36-15-14-35-20(27)12-10-8-7-9-11-13-26-25(32)38-17-16-37-24(31)19(4)22(29)34-6-2/h3-17H2,1-2H3,(H,26,32). The van der Waals surface area contributed by atoms with Crippen LogP contribution in [-0.4, -0.2) is 82.1 Å². The highest BCUT2D eigenvalue weighted by molar-refractivity contribution is 6.13. The van der Waals surface area contributed by atoms with E-state index in [2.05, 4.69) is 27.9 Å². The molecule has 38 heavy (non-hydrogen) atoms. The van der Waals surface area contributed by atoms with Crippen LogP contribution in [0.15, 0.2) is 24.3 Å². The highest BCUT2D eigenvalue weighted by atomic mass is 16.6. The molecule has 0 aromatic rings. The van der Waals surface area contributed by atoms with E-state index in [9.17, 15) is 28.8 Å². The quantitative estimate of drug-likeness (QED) is 0.0592. The van der Waals surface area contributed by atoms with Crippen molar-refractivity contribution in [1.82, 2.24) is 5.32 Å². The highest BCUT2D eigenvalue weighted by Crippen LogP contribution is 2.06. The van der Waals surface area contributed by atoms with Crippen molar-refractivity contribution in [2.45, 2.75) is 52.4 Å². The lowest BCUT2D eigenvalue weighted by molar-refractivity contribution is -0.152. The predicted octanol–water partition coefficient (Wildman–Crippen LogP) is 1.92. The zero-order valence-corrected chi connectivity index (χ0v) is 22.0. The summed E-state index contributed by atoms with van der Waals surface area (Å²) in [5.41, 5.74) is -0.865. The lowest BCUT2D eigenvalue weighted by Gasteiger charge is -2.09. The molecule has 214 valence electrons. The molecule has 0 spiro atoms. The average Bonchev–Trinajstić information content (AvgIpc) is 2.89. The summed E-state index contributed by atoms with van der Waals surface area (Å²) in [6.07, 6.45) is 3.33. The Morgan fingerprint density at radius 1 is 0.553 bits per heavy atom. The third-order valence-electron chi connectivity index (χ3n) is 4.49. The summed E-state index contributed by atoms with van der Waals surface area (Å²) in [6, 6.07) is 0. The van der Waals surface area contributed by atoms with Crippen molar-refractivity contribution in [3.05, 3.63) is 24.3 Å². The van der Waals surface area contributed by atoms with E-state index >= 15 is 0 Å². The normalized spacial score (nSPS) is 9.95. The van der Waals surface area contributed by atoms with Crippen LogP contribution >= 0.6 is 0 Å². The van der Waals surface area contributed by atoms with E-state index in [0.29, 0.717) is 19.4 Å². The van der Waals surface area contributed by atoms with Gasteiger partial charge in [0.2, 0.25) is 0 Å². The Kier molecular flexibility index (Phi) is 19.0. The maximum atomic E-state index is 11.7. The molecule has 0 aliphatic heterocycles. The molecule has 0 bridgehead atoms. The summed E-state index contributed by atoms with van der Waals surface area (Å²) < 4.78 is 28.6. The van der Waals surface area contributed by atoms with Crippen LogP contribution in [0, 0.1) is 0 Å². The van der Waals surface area contributed by atoms with Crippen molar-refractivity contribution >= 4 is 35.9 Å². The van der Waals surface area contributed by atoms with Crippen LogP contribution in [0.25, 0.3) is 0 Å². The van der Waals surface area contributed by atoms with Crippen molar-refractivity contribution < 1.29 is 57.2 Å². The number of esters is 5. The molecular weight excluding hydrogens is 506 g/mol. The lowest BCUT2D eigenvalue weighted by atomic mass is 10.1. The van der Waals surface area contributed by atoms with Crippen LogP contribution in [0.3, 0.4) is 0 Å². The van der Waals surface area contributed by atoms with Crippen molar-refractivity contribution in [1.29, 1.82) is 0 Å². The molecule has 0 rings (SSSR count). The van der Waals surface area contributed by atoms with Gasteiger partial charge in [-0.1, -0.05) is 32.4 Å². The molecule has 0 atom stereocenters. The summed E-state index contributed by atoms with van der Waals surface area (Å²) in [4.78, 5) is 69.1. The molecule has 0 aromatic heterocycles. The topological polar surface area (TPSA) is 170 Å². The minimum Gasteiger partial charge on any atom is -0.462 e. The summed E-state index contributed by atoms with van der Waals surface area (Å²) in [5.74, 6) is -4.02. The van der Waals surface area contributed by atoms with E-state index in [1.54, 1.807) is 13.8 Å². The van der Waals surface area contributed by atoms with Gasteiger partial charge in [0.05, 0.1) is 13.2 Å². The van der Waals surface area contributed by atoms with Crippen molar-refractivity contribution in [3.63, 3.8) is 0 Å². The molecule has 0 aromatic carbocycles. The second kappa shape index (κ2) is 21.2. The molecule has 0 heterocycles.